The average Bonchev–Trinajstić information content (AvgIpc) is 3.05. The summed E-state index contributed by atoms with van der Waals surface area (Å²) < 4.78 is 0. The lowest BCUT2D eigenvalue weighted by atomic mass is 9.81. The van der Waals surface area contributed by atoms with Gasteiger partial charge in [-0.2, -0.15) is 0 Å². The van der Waals surface area contributed by atoms with Crippen molar-refractivity contribution < 1.29 is 24.3 Å². The van der Waals surface area contributed by atoms with E-state index in [1.54, 1.807) is 6.92 Å². The number of nitrogens with zero attached hydrogens (tertiary/aromatic N) is 3. The summed E-state index contributed by atoms with van der Waals surface area (Å²) in [6.45, 7) is 11.1. The summed E-state index contributed by atoms with van der Waals surface area (Å²) >= 11 is 1.27. The summed E-state index contributed by atoms with van der Waals surface area (Å²) in [7, 11) is 0. The van der Waals surface area contributed by atoms with Gasteiger partial charge in [0.05, 0.1) is 11.2 Å². The minimum absolute atomic E-state index is 0.0590. The van der Waals surface area contributed by atoms with Crippen molar-refractivity contribution in [3.05, 3.63) is 0 Å². The Morgan fingerprint density at radius 1 is 1.03 bits per heavy atom. The average molecular weight is 482 g/mol. The van der Waals surface area contributed by atoms with E-state index in [2.05, 4.69) is 18.7 Å². The summed E-state index contributed by atoms with van der Waals surface area (Å²) in [6, 6.07) is 0. The third-order valence-electron chi connectivity index (χ3n) is 7.12. The second kappa shape index (κ2) is 11.7. The Balaban J connectivity index is 1.41. The van der Waals surface area contributed by atoms with E-state index < -0.39 is 17.1 Å². The van der Waals surface area contributed by atoms with Gasteiger partial charge in [0, 0.05) is 57.4 Å². The number of likely N-dealkylation sites (tertiary alicyclic amines) is 1. The summed E-state index contributed by atoms with van der Waals surface area (Å²) in [6.07, 6.45) is 3.51. The van der Waals surface area contributed by atoms with Crippen LogP contribution in [0.2, 0.25) is 0 Å². The summed E-state index contributed by atoms with van der Waals surface area (Å²) in [5.41, 5.74) is 0. The first-order chi connectivity index (χ1) is 15.7. The monoisotopic (exact) mass is 481 g/mol. The van der Waals surface area contributed by atoms with Crippen molar-refractivity contribution >= 4 is 35.5 Å². The molecule has 9 heteroatoms. The Labute approximate surface area is 201 Å². The molecule has 3 fully saturated rings. The molecule has 0 radical (unpaired) electrons. The van der Waals surface area contributed by atoms with Crippen LogP contribution in [-0.2, 0) is 19.2 Å². The standard InChI is InChI=1S/C24H39N3O5S/c1-16(2)13-25-8-10-26(11-9-25)22(29)19-6-4-18(5-7-19)14-27-21(28)12-20(23(27)30)33-15-17(3)24(31)32/h16-20H,4-15H2,1-3H3,(H,31,32). The largest absolute Gasteiger partial charge is 0.481 e. The number of hydrogen-bond acceptors (Lipinski definition) is 6. The predicted octanol–water partition coefficient (Wildman–Crippen LogP) is 2.17. The second-order valence-electron chi connectivity index (χ2n) is 10.3. The minimum Gasteiger partial charge on any atom is -0.481 e. The van der Waals surface area contributed by atoms with Gasteiger partial charge in [-0.05, 0) is 37.5 Å². The van der Waals surface area contributed by atoms with Gasteiger partial charge in [-0.25, -0.2) is 0 Å². The fraction of sp³-hybridized carbons (Fsp3) is 0.833. The summed E-state index contributed by atoms with van der Waals surface area (Å²) in [5.74, 6) is -0.230. The molecular weight excluding hydrogens is 442 g/mol. The number of piperazine rings is 1. The molecule has 0 aromatic heterocycles. The van der Waals surface area contributed by atoms with Crippen LogP contribution in [0.25, 0.3) is 0 Å². The maximum atomic E-state index is 13.0. The molecule has 8 nitrogen and oxygen atoms in total. The molecule has 0 bridgehead atoms. The van der Waals surface area contributed by atoms with Crippen LogP contribution in [0.5, 0.6) is 0 Å². The number of rotatable bonds is 9. The molecule has 2 heterocycles. The number of imide groups is 1. The van der Waals surface area contributed by atoms with E-state index in [1.807, 2.05) is 4.90 Å². The summed E-state index contributed by atoms with van der Waals surface area (Å²) in [4.78, 5) is 55.0. The van der Waals surface area contributed by atoms with Crippen LogP contribution in [0.4, 0.5) is 0 Å². The lowest BCUT2D eigenvalue weighted by Crippen LogP contribution is -2.51. The molecule has 3 rings (SSSR count). The first-order valence-corrected chi connectivity index (χ1v) is 13.4. The number of thioether (sulfide) groups is 1. The van der Waals surface area contributed by atoms with E-state index in [9.17, 15) is 19.2 Å². The highest BCUT2D eigenvalue weighted by molar-refractivity contribution is 8.00. The molecular formula is C24H39N3O5S. The van der Waals surface area contributed by atoms with E-state index in [-0.39, 0.29) is 36.0 Å². The molecule has 1 N–H and O–H groups in total. The van der Waals surface area contributed by atoms with Crippen molar-refractivity contribution in [2.45, 2.75) is 58.1 Å². The van der Waals surface area contributed by atoms with Crippen LogP contribution in [-0.4, -0.2) is 93.8 Å². The van der Waals surface area contributed by atoms with E-state index in [1.165, 1.54) is 16.7 Å². The number of aliphatic carboxylic acids is 1. The van der Waals surface area contributed by atoms with Gasteiger partial charge in [-0.1, -0.05) is 20.8 Å². The van der Waals surface area contributed by atoms with Gasteiger partial charge in [0.1, 0.15) is 0 Å². The number of hydrogen-bond donors (Lipinski definition) is 1. The number of carbonyl (C=O) groups excluding carboxylic acids is 3. The van der Waals surface area contributed by atoms with Crippen LogP contribution in [0.1, 0.15) is 52.9 Å². The highest BCUT2D eigenvalue weighted by atomic mass is 32.2. The van der Waals surface area contributed by atoms with Gasteiger partial charge in [0.15, 0.2) is 0 Å². The van der Waals surface area contributed by atoms with E-state index in [4.69, 9.17) is 5.11 Å². The van der Waals surface area contributed by atoms with E-state index in [0.29, 0.717) is 18.2 Å². The minimum atomic E-state index is -0.889. The van der Waals surface area contributed by atoms with Gasteiger partial charge in [0.25, 0.3) is 0 Å². The van der Waals surface area contributed by atoms with Gasteiger partial charge in [-0.3, -0.25) is 29.0 Å². The van der Waals surface area contributed by atoms with Crippen molar-refractivity contribution in [1.29, 1.82) is 0 Å². The molecule has 0 aromatic carbocycles. The number of carbonyl (C=O) groups is 4. The zero-order valence-electron chi connectivity index (χ0n) is 20.2. The zero-order valence-corrected chi connectivity index (χ0v) is 21.0. The number of carboxylic acid groups (broad SMARTS) is 1. The maximum Gasteiger partial charge on any atom is 0.307 e. The fourth-order valence-corrected chi connectivity index (χ4v) is 6.28. The molecule has 186 valence electrons. The van der Waals surface area contributed by atoms with Crippen molar-refractivity contribution in [3.8, 4) is 0 Å². The predicted molar refractivity (Wildman–Crippen MR) is 128 cm³/mol. The fourth-order valence-electron chi connectivity index (χ4n) is 5.08. The molecule has 2 atom stereocenters. The van der Waals surface area contributed by atoms with E-state index in [0.717, 1.165) is 58.4 Å². The first-order valence-electron chi connectivity index (χ1n) is 12.4. The highest BCUT2D eigenvalue weighted by Crippen LogP contribution is 2.33. The Hall–Kier alpha value is -1.61. The summed E-state index contributed by atoms with van der Waals surface area (Å²) in [5, 5.41) is 8.56. The van der Waals surface area contributed by atoms with Crippen LogP contribution in [0.15, 0.2) is 0 Å². The van der Waals surface area contributed by atoms with Crippen molar-refractivity contribution in [2.75, 3.05) is 45.0 Å². The van der Waals surface area contributed by atoms with Gasteiger partial charge >= 0.3 is 5.97 Å². The normalized spacial score (nSPS) is 27.9. The Bertz CT molecular complexity index is 730. The second-order valence-corrected chi connectivity index (χ2v) is 11.6. The molecule has 0 aromatic rings. The Morgan fingerprint density at radius 2 is 1.67 bits per heavy atom. The quantitative estimate of drug-likeness (QED) is 0.504. The molecule has 1 saturated carbocycles. The molecule has 1 aliphatic carbocycles. The maximum absolute atomic E-state index is 13.0. The Morgan fingerprint density at radius 3 is 2.24 bits per heavy atom. The molecule has 2 unspecified atom stereocenters. The van der Waals surface area contributed by atoms with Crippen molar-refractivity contribution in [2.24, 2.45) is 23.7 Å². The third kappa shape index (κ3) is 6.94. The number of amides is 3. The van der Waals surface area contributed by atoms with Crippen LogP contribution >= 0.6 is 11.8 Å². The van der Waals surface area contributed by atoms with Crippen LogP contribution in [0, 0.1) is 23.7 Å². The molecule has 3 aliphatic rings. The lowest BCUT2D eigenvalue weighted by Gasteiger charge is -2.38. The van der Waals surface area contributed by atoms with Crippen molar-refractivity contribution in [1.82, 2.24) is 14.7 Å². The lowest BCUT2D eigenvalue weighted by molar-refractivity contribution is -0.141. The van der Waals surface area contributed by atoms with Gasteiger partial charge in [0.2, 0.25) is 17.7 Å². The van der Waals surface area contributed by atoms with Gasteiger partial charge in [-0.15, -0.1) is 11.8 Å². The van der Waals surface area contributed by atoms with Gasteiger partial charge < -0.3 is 10.0 Å². The first kappa shape index (κ1) is 26.0. The van der Waals surface area contributed by atoms with Crippen molar-refractivity contribution in [3.63, 3.8) is 0 Å². The molecule has 2 saturated heterocycles. The smallest absolute Gasteiger partial charge is 0.307 e. The Kier molecular flexibility index (Phi) is 9.21. The highest BCUT2D eigenvalue weighted by Gasteiger charge is 2.41. The number of carboxylic acids is 1. The van der Waals surface area contributed by atoms with E-state index >= 15 is 0 Å². The molecule has 3 amide bonds. The molecule has 0 spiro atoms. The molecule has 33 heavy (non-hydrogen) atoms. The third-order valence-corrected chi connectivity index (χ3v) is 8.58. The topological polar surface area (TPSA) is 98.2 Å². The molecule has 2 aliphatic heterocycles. The van der Waals surface area contributed by atoms with Crippen LogP contribution in [0.3, 0.4) is 0 Å². The SMILES string of the molecule is CC(C)CN1CCN(C(=O)C2CCC(CN3C(=O)CC(SCC(C)C(=O)O)C3=O)CC2)CC1. The van der Waals surface area contributed by atoms with Crippen LogP contribution < -0.4 is 0 Å². The zero-order chi connectivity index (χ0) is 24.1.